The number of amidine groups is 1. The number of rotatable bonds is 14. The Labute approximate surface area is 271 Å². The van der Waals surface area contributed by atoms with Crippen LogP contribution in [0.25, 0.3) is 12.2 Å². The molecule has 1 aromatic carbocycles. The summed E-state index contributed by atoms with van der Waals surface area (Å²) in [4.78, 5) is 15.8. The lowest BCUT2D eigenvalue weighted by Gasteiger charge is -2.25. The average Bonchev–Trinajstić information content (AvgIpc) is 3.00. The number of nitrogens with one attached hydrogen (secondary N) is 1. The fourth-order valence-electron chi connectivity index (χ4n) is 4.22. The summed E-state index contributed by atoms with van der Waals surface area (Å²) in [5, 5.41) is 14.9. The first-order valence-corrected chi connectivity index (χ1v) is 16.4. The van der Waals surface area contributed by atoms with Crippen LogP contribution in [0.15, 0.2) is 71.3 Å². The van der Waals surface area contributed by atoms with E-state index in [-0.39, 0.29) is 11.6 Å². The summed E-state index contributed by atoms with van der Waals surface area (Å²) >= 11 is 2.02. The first-order valence-electron chi connectivity index (χ1n) is 15.3. The largest absolute Gasteiger partial charge is 0.512 e. The van der Waals surface area contributed by atoms with Gasteiger partial charge in [-0.1, -0.05) is 39.8 Å². The van der Waals surface area contributed by atoms with Crippen molar-refractivity contribution < 1.29 is 19.3 Å². The zero-order chi connectivity index (χ0) is 32.7. The number of anilines is 1. The number of nitrogens with zero attached hydrogens (tertiary/aromatic N) is 4. The Morgan fingerprint density at radius 3 is 2.69 bits per heavy atom. The van der Waals surface area contributed by atoms with Crippen molar-refractivity contribution in [2.45, 2.75) is 47.5 Å². The number of allylic oxidation sites excluding steroid dienone is 3. The maximum absolute atomic E-state index is 10.3. The van der Waals surface area contributed by atoms with Crippen LogP contribution in [0.4, 0.5) is 5.69 Å². The molecule has 1 saturated heterocycles. The van der Waals surface area contributed by atoms with Gasteiger partial charge in [0.05, 0.1) is 24.3 Å². The highest BCUT2D eigenvalue weighted by molar-refractivity contribution is 7.99. The smallest absolute Gasteiger partial charge is 0.229 e. The molecule has 11 heteroatoms. The molecule has 0 saturated carbocycles. The summed E-state index contributed by atoms with van der Waals surface area (Å²) in [5.74, 6) is 4.84. The number of nitrogens with two attached hydrogens (primary N) is 1. The monoisotopic (exact) mass is 636 g/mol. The Hall–Kier alpha value is -3.96. The van der Waals surface area contributed by atoms with Gasteiger partial charge in [0.25, 0.3) is 0 Å². The molecular formula is C34H48N6O4S. The molecule has 0 spiro atoms. The van der Waals surface area contributed by atoms with E-state index in [1.165, 1.54) is 23.9 Å². The van der Waals surface area contributed by atoms with Crippen molar-refractivity contribution in [2.75, 3.05) is 50.2 Å². The van der Waals surface area contributed by atoms with E-state index in [0.717, 1.165) is 43.4 Å². The minimum atomic E-state index is -0.428. The first kappa shape index (κ1) is 35.5. The third-order valence-electron chi connectivity index (χ3n) is 6.74. The summed E-state index contributed by atoms with van der Waals surface area (Å²) < 4.78 is 17.6. The van der Waals surface area contributed by atoms with Crippen molar-refractivity contribution >= 4 is 35.4 Å². The van der Waals surface area contributed by atoms with Gasteiger partial charge in [0.15, 0.2) is 5.76 Å². The summed E-state index contributed by atoms with van der Waals surface area (Å²) in [6, 6.07) is 7.46. The number of ether oxygens (including phenoxy) is 3. The van der Waals surface area contributed by atoms with Crippen LogP contribution < -0.4 is 26.4 Å². The molecule has 0 bridgehead atoms. The maximum Gasteiger partial charge on any atom is 0.229 e. The van der Waals surface area contributed by atoms with Gasteiger partial charge in [0, 0.05) is 60.5 Å². The lowest BCUT2D eigenvalue weighted by atomic mass is 9.93. The third-order valence-corrected chi connectivity index (χ3v) is 7.68. The number of aliphatic hydroxyl groups is 1. The lowest BCUT2D eigenvalue weighted by molar-refractivity contribution is 0.196. The molecule has 45 heavy (non-hydrogen) atoms. The van der Waals surface area contributed by atoms with Crippen molar-refractivity contribution in [1.29, 1.82) is 0 Å². The minimum absolute atomic E-state index is 0.156. The quantitative estimate of drug-likeness (QED) is 0.109. The molecule has 2 aromatic rings. The van der Waals surface area contributed by atoms with Crippen LogP contribution in [-0.4, -0.2) is 70.7 Å². The van der Waals surface area contributed by atoms with Crippen molar-refractivity contribution in [3.8, 4) is 11.6 Å². The minimum Gasteiger partial charge on any atom is -0.512 e. The Morgan fingerprint density at radius 1 is 1.22 bits per heavy atom. The lowest BCUT2D eigenvalue weighted by Crippen LogP contribution is -2.33. The zero-order valence-corrected chi connectivity index (χ0v) is 28.2. The van der Waals surface area contributed by atoms with Gasteiger partial charge in [0.2, 0.25) is 5.88 Å². The highest BCUT2D eigenvalue weighted by atomic mass is 32.2. The molecule has 1 aliphatic rings. The van der Waals surface area contributed by atoms with E-state index in [4.69, 9.17) is 19.9 Å². The Bertz CT molecular complexity index is 1490. The summed E-state index contributed by atoms with van der Waals surface area (Å²) in [6.07, 6.45) is 11.9. The molecule has 4 N–H and O–H groups in total. The second-order valence-corrected chi connectivity index (χ2v) is 12.6. The van der Waals surface area contributed by atoms with Crippen LogP contribution in [0.2, 0.25) is 0 Å². The van der Waals surface area contributed by atoms with Crippen molar-refractivity contribution in [3.63, 3.8) is 0 Å². The van der Waals surface area contributed by atoms with Crippen LogP contribution in [0.1, 0.15) is 47.5 Å². The second-order valence-electron chi connectivity index (χ2n) is 11.4. The van der Waals surface area contributed by atoms with Gasteiger partial charge in [-0.25, -0.2) is 15.0 Å². The number of hydrogen-bond donors (Lipinski definition) is 3. The molecule has 0 aliphatic carbocycles. The van der Waals surface area contributed by atoms with Gasteiger partial charge in [-0.3, -0.25) is 0 Å². The molecule has 3 rings (SSSR count). The number of methoxy groups -OCH3 is 1. The molecule has 0 radical (unpaired) electrons. The molecular weight excluding hydrogens is 588 g/mol. The van der Waals surface area contributed by atoms with E-state index in [1.807, 2.05) is 82.8 Å². The topological polar surface area (TPSA) is 127 Å². The standard InChI is InChI=1S/C34H48N6O4S/c1-7-11-32(39-31(35)22-30(41)34(3,4)5)38-25-12-9-13-26(20-25)44-33-28(8-2)29(36-24-37-33)21-27(42-6)23-43-17-10-14-40-15-18-45-19-16-40/h8-9,11-13,20-24,38,41H,7,10,14-19H2,1-6H3,(H2,35,39)/b27-23-,28-8+,29-21+,30-22-,32-11-. The fraction of sp³-hybridized carbons (Fsp3) is 0.441. The fourth-order valence-corrected chi connectivity index (χ4v) is 5.19. The van der Waals surface area contributed by atoms with Crippen molar-refractivity contribution in [2.24, 2.45) is 16.1 Å². The van der Waals surface area contributed by atoms with Crippen molar-refractivity contribution in [1.82, 2.24) is 14.9 Å². The molecule has 1 fully saturated rings. The molecule has 1 aromatic heterocycles. The zero-order valence-electron chi connectivity index (χ0n) is 27.4. The van der Waals surface area contributed by atoms with E-state index in [1.54, 1.807) is 19.4 Å². The predicted molar refractivity (Wildman–Crippen MR) is 186 cm³/mol. The van der Waals surface area contributed by atoms with Gasteiger partial charge in [-0.05, 0) is 38.0 Å². The van der Waals surface area contributed by atoms with Gasteiger partial charge < -0.3 is 35.3 Å². The van der Waals surface area contributed by atoms with Crippen LogP contribution in [0.5, 0.6) is 11.6 Å². The van der Waals surface area contributed by atoms with Crippen LogP contribution in [0, 0.1) is 5.41 Å². The summed E-state index contributed by atoms with van der Waals surface area (Å²) in [7, 11) is 1.60. The molecule has 0 amide bonds. The molecule has 10 nitrogen and oxygen atoms in total. The second kappa shape index (κ2) is 18.1. The highest BCUT2D eigenvalue weighted by Crippen LogP contribution is 2.24. The summed E-state index contributed by atoms with van der Waals surface area (Å²) in [6.45, 7) is 13.6. The number of thioether (sulfide) groups is 1. The van der Waals surface area contributed by atoms with E-state index in [9.17, 15) is 5.11 Å². The number of aliphatic imine (C=N–C) groups is 1. The summed E-state index contributed by atoms with van der Waals surface area (Å²) in [5.41, 5.74) is 6.43. The first-order chi connectivity index (χ1) is 21.6. The van der Waals surface area contributed by atoms with Gasteiger partial charge in [-0.15, -0.1) is 0 Å². The van der Waals surface area contributed by atoms with E-state index in [2.05, 4.69) is 25.2 Å². The van der Waals surface area contributed by atoms with Crippen LogP contribution in [0.3, 0.4) is 0 Å². The maximum atomic E-state index is 10.3. The van der Waals surface area contributed by atoms with Gasteiger partial charge in [0.1, 0.15) is 35.8 Å². The van der Waals surface area contributed by atoms with E-state index in [0.29, 0.717) is 35.2 Å². The van der Waals surface area contributed by atoms with Gasteiger partial charge in [-0.2, -0.15) is 11.8 Å². The predicted octanol–water partition coefficient (Wildman–Crippen LogP) is 5.30. The third kappa shape index (κ3) is 12.2. The van der Waals surface area contributed by atoms with Crippen LogP contribution in [-0.2, 0) is 9.47 Å². The van der Waals surface area contributed by atoms with Crippen molar-refractivity contribution in [3.05, 3.63) is 76.9 Å². The molecule has 2 heterocycles. The average molecular weight is 637 g/mol. The van der Waals surface area contributed by atoms with E-state index < -0.39 is 5.41 Å². The number of aliphatic hydroxyl groups excluding tert-OH is 1. The molecule has 0 unspecified atom stereocenters. The molecule has 1 aliphatic heterocycles. The van der Waals surface area contributed by atoms with Crippen LogP contribution >= 0.6 is 11.8 Å². The van der Waals surface area contributed by atoms with E-state index >= 15 is 0 Å². The SMILES string of the molecule is C/C=c1/c(Oc2cccc(NC(=C/CC)/N=C(N)\C=C(/O)C(C)(C)C)c2)ncn/c1=C/C(=C/OCCCN1CCSCC1)OC. The number of benzene rings is 1. The normalized spacial score (nSPS) is 16.6. The molecule has 244 valence electrons. The number of hydrogen-bond acceptors (Lipinski definition) is 10. The van der Waals surface area contributed by atoms with Gasteiger partial charge >= 0.3 is 0 Å². The molecule has 0 atom stereocenters. The Kier molecular flexibility index (Phi) is 14.3. The highest BCUT2D eigenvalue weighted by Gasteiger charge is 2.16. The number of aromatic nitrogens is 2. The Balaban J connectivity index is 1.74. The Morgan fingerprint density at radius 2 is 2.00 bits per heavy atom.